The van der Waals surface area contributed by atoms with Gasteiger partial charge in [0, 0.05) is 11.6 Å². The standard InChI is InChI=1S/C15H14FNO3/c1-10(17-19)14-7-4-12(16)8-15(14)20-9-11-2-5-13(18)6-3-11/h2-8,18-19H,9H2,1H3/b17-10-. The van der Waals surface area contributed by atoms with Gasteiger partial charge in [-0.2, -0.15) is 0 Å². The van der Waals surface area contributed by atoms with Crippen LogP contribution in [0, 0.1) is 5.82 Å². The number of oxime groups is 1. The Bertz CT molecular complexity index is 624. The zero-order chi connectivity index (χ0) is 14.5. The molecule has 5 heteroatoms. The molecule has 0 saturated heterocycles. The van der Waals surface area contributed by atoms with Gasteiger partial charge in [-0.1, -0.05) is 17.3 Å². The van der Waals surface area contributed by atoms with Crippen LogP contribution in [0.5, 0.6) is 11.5 Å². The van der Waals surface area contributed by atoms with E-state index in [1.54, 1.807) is 31.2 Å². The zero-order valence-electron chi connectivity index (χ0n) is 10.9. The fraction of sp³-hybridized carbons (Fsp3) is 0.133. The van der Waals surface area contributed by atoms with Crippen molar-refractivity contribution in [3.8, 4) is 11.5 Å². The fourth-order valence-corrected chi connectivity index (χ4v) is 1.72. The average molecular weight is 275 g/mol. The molecule has 0 aliphatic heterocycles. The van der Waals surface area contributed by atoms with Crippen molar-refractivity contribution in [1.82, 2.24) is 0 Å². The van der Waals surface area contributed by atoms with Crippen LogP contribution in [0.25, 0.3) is 0 Å². The second-order valence-corrected chi connectivity index (χ2v) is 4.28. The summed E-state index contributed by atoms with van der Waals surface area (Å²) >= 11 is 0. The largest absolute Gasteiger partial charge is 0.508 e. The Morgan fingerprint density at radius 1 is 1.20 bits per heavy atom. The molecule has 2 N–H and O–H groups in total. The minimum Gasteiger partial charge on any atom is -0.508 e. The molecule has 2 aromatic rings. The normalized spacial score (nSPS) is 11.4. The van der Waals surface area contributed by atoms with Crippen LogP contribution in [-0.4, -0.2) is 16.0 Å². The summed E-state index contributed by atoms with van der Waals surface area (Å²) in [6, 6.07) is 10.5. The van der Waals surface area contributed by atoms with Crippen LogP contribution in [0.4, 0.5) is 4.39 Å². The molecule has 2 aromatic carbocycles. The lowest BCUT2D eigenvalue weighted by Crippen LogP contribution is -2.03. The third kappa shape index (κ3) is 3.26. The first-order chi connectivity index (χ1) is 9.60. The van der Waals surface area contributed by atoms with E-state index in [-0.39, 0.29) is 12.4 Å². The number of phenols is 1. The van der Waals surface area contributed by atoms with E-state index in [1.807, 2.05) is 0 Å². The molecule has 4 nitrogen and oxygen atoms in total. The summed E-state index contributed by atoms with van der Waals surface area (Å²) in [5.41, 5.74) is 1.69. The lowest BCUT2D eigenvalue weighted by Gasteiger charge is -2.11. The minimum absolute atomic E-state index is 0.170. The van der Waals surface area contributed by atoms with Gasteiger partial charge in [0.15, 0.2) is 0 Å². The Kier molecular flexibility index (Phi) is 4.20. The van der Waals surface area contributed by atoms with Crippen molar-refractivity contribution in [1.29, 1.82) is 0 Å². The van der Waals surface area contributed by atoms with Gasteiger partial charge in [-0.25, -0.2) is 4.39 Å². The number of halogens is 1. The average Bonchev–Trinajstić information content (AvgIpc) is 2.46. The SMILES string of the molecule is C/C(=N/O)c1ccc(F)cc1OCc1ccc(O)cc1. The molecule has 0 aliphatic carbocycles. The van der Waals surface area contributed by atoms with Crippen LogP contribution in [0.1, 0.15) is 18.1 Å². The molecule has 0 atom stereocenters. The predicted molar refractivity (Wildman–Crippen MR) is 72.8 cm³/mol. The molecule has 0 amide bonds. The highest BCUT2D eigenvalue weighted by molar-refractivity contribution is 6.00. The van der Waals surface area contributed by atoms with Crippen LogP contribution in [0.15, 0.2) is 47.6 Å². The van der Waals surface area contributed by atoms with Crippen molar-refractivity contribution in [3.63, 3.8) is 0 Å². The predicted octanol–water partition coefficient (Wildman–Crippen LogP) is 3.31. The van der Waals surface area contributed by atoms with Crippen molar-refractivity contribution < 1.29 is 19.4 Å². The fourth-order valence-electron chi connectivity index (χ4n) is 1.72. The summed E-state index contributed by atoms with van der Waals surface area (Å²) in [5.74, 6) is 0.0389. The number of benzene rings is 2. The lowest BCUT2D eigenvalue weighted by atomic mass is 10.1. The van der Waals surface area contributed by atoms with Crippen LogP contribution in [0.2, 0.25) is 0 Å². The molecule has 0 bridgehead atoms. The first kappa shape index (κ1) is 13.9. The molecular formula is C15H14FNO3. The van der Waals surface area contributed by atoms with Gasteiger partial charge in [0.1, 0.15) is 23.9 Å². The molecule has 0 unspecified atom stereocenters. The maximum Gasteiger partial charge on any atom is 0.131 e. The topological polar surface area (TPSA) is 62.1 Å². The van der Waals surface area contributed by atoms with Crippen LogP contribution in [-0.2, 0) is 6.61 Å². The monoisotopic (exact) mass is 275 g/mol. The number of rotatable bonds is 4. The molecule has 0 aromatic heterocycles. The third-order valence-corrected chi connectivity index (χ3v) is 2.81. The molecule has 0 spiro atoms. The quantitative estimate of drug-likeness (QED) is 0.511. The summed E-state index contributed by atoms with van der Waals surface area (Å²) in [4.78, 5) is 0. The van der Waals surface area contributed by atoms with E-state index in [1.165, 1.54) is 18.2 Å². The number of hydrogen-bond donors (Lipinski definition) is 2. The van der Waals surface area contributed by atoms with E-state index in [2.05, 4.69) is 5.16 Å². The summed E-state index contributed by atoms with van der Waals surface area (Å²) in [6.07, 6.45) is 0. The number of aromatic hydroxyl groups is 1. The molecule has 0 heterocycles. The lowest BCUT2D eigenvalue weighted by molar-refractivity contribution is 0.301. The highest BCUT2D eigenvalue weighted by Crippen LogP contribution is 2.22. The van der Waals surface area contributed by atoms with Crippen molar-refractivity contribution >= 4 is 5.71 Å². The van der Waals surface area contributed by atoms with Crippen molar-refractivity contribution in [2.45, 2.75) is 13.5 Å². The van der Waals surface area contributed by atoms with Gasteiger partial charge in [0.2, 0.25) is 0 Å². The van der Waals surface area contributed by atoms with Gasteiger partial charge in [-0.15, -0.1) is 0 Å². The third-order valence-electron chi connectivity index (χ3n) is 2.81. The molecule has 0 aliphatic rings. The molecule has 0 radical (unpaired) electrons. The smallest absolute Gasteiger partial charge is 0.131 e. The van der Waals surface area contributed by atoms with Gasteiger partial charge >= 0.3 is 0 Å². The first-order valence-corrected chi connectivity index (χ1v) is 5.99. The Hall–Kier alpha value is -2.56. The van der Waals surface area contributed by atoms with E-state index >= 15 is 0 Å². The second-order valence-electron chi connectivity index (χ2n) is 4.28. The van der Waals surface area contributed by atoms with Gasteiger partial charge in [-0.3, -0.25) is 0 Å². The van der Waals surface area contributed by atoms with Crippen LogP contribution in [0.3, 0.4) is 0 Å². The second kappa shape index (κ2) is 6.06. The van der Waals surface area contributed by atoms with E-state index in [0.717, 1.165) is 5.56 Å². The van der Waals surface area contributed by atoms with E-state index in [9.17, 15) is 9.50 Å². The van der Waals surface area contributed by atoms with Gasteiger partial charge in [0.25, 0.3) is 0 Å². The van der Waals surface area contributed by atoms with Crippen LogP contribution >= 0.6 is 0 Å². The van der Waals surface area contributed by atoms with Gasteiger partial charge < -0.3 is 15.1 Å². The summed E-state index contributed by atoms with van der Waals surface area (Å²) in [5, 5.41) is 21.1. The van der Waals surface area contributed by atoms with Crippen LogP contribution < -0.4 is 4.74 Å². The molecule has 2 rings (SSSR count). The Morgan fingerprint density at radius 3 is 2.55 bits per heavy atom. The number of hydrogen-bond acceptors (Lipinski definition) is 4. The molecule has 0 saturated carbocycles. The molecule has 104 valence electrons. The highest BCUT2D eigenvalue weighted by atomic mass is 19.1. The van der Waals surface area contributed by atoms with Crippen molar-refractivity contribution in [3.05, 3.63) is 59.4 Å². The van der Waals surface area contributed by atoms with Crippen molar-refractivity contribution in [2.24, 2.45) is 5.16 Å². The Labute approximate surface area is 115 Å². The summed E-state index contributed by atoms with van der Waals surface area (Å²) < 4.78 is 18.8. The highest BCUT2D eigenvalue weighted by Gasteiger charge is 2.09. The van der Waals surface area contributed by atoms with E-state index in [4.69, 9.17) is 9.94 Å². The summed E-state index contributed by atoms with van der Waals surface area (Å²) in [6.45, 7) is 1.82. The maximum absolute atomic E-state index is 13.3. The first-order valence-electron chi connectivity index (χ1n) is 5.99. The number of nitrogens with zero attached hydrogens (tertiary/aromatic N) is 1. The molecular weight excluding hydrogens is 261 g/mol. The zero-order valence-corrected chi connectivity index (χ0v) is 10.9. The molecule has 0 fully saturated rings. The maximum atomic E-state index is 13.3. The number of phenolic OH excluding ortho intramolecular Hbond substituents is 1. The van der Waals surface area contributed by atoms with Gasteiger partial charge in [-0.05, 0) is 36.8 Å². The van der Waals surface area contributed by atoms with E-state index < -0.39 is 5.82 Å². The summed E-state index contributed by atoms with van der Waals surface area (Å²) in [7, 11) is 0. The number of ether oxygens (including phenoxy) is 1. The van der Waals surface area contributed by atoms with E-state index in [0.29, 0.717) is 17.0 Å². The Balaban J connectivity index is 2.20. The Morgan fingerprint density at radius 2 is 1.90 bits per heavy atom. The van der Waals surface area contributed by atoms with Gasteiger partial charge in [0.05, 0.1) is 5.71 Å². The minimum atomic E-state index is -0.430. The molecule has 20 heavy (non-hydrogen) atoms. The van der Waals surface area contributed by atoms with Crippen molar-refractivity contribution in [2.75, 3.05) is 0 Å².